The maximum absolute atomic E-state index is 12.9. The molecule has 124 valence electrons. The number of Topliss-reactive ketones (excluding diaryl/α,β-unsaturated/α-hetero) is 2. The second-order valence-corrected chi connectivity index (χ2v) is 6.88. The predicted octanol–water partition coefficient (Wildman–Crippen LogP) is 3.55. The van der Waals surface area contributed by atoms with Crippen molar-refractivity contribution in [3.8, 4) is 5.75 Å². The Bertz CT molecular complexity index is 978. The van der Waals surface area contributed by atoms with Crippen LogP contribution in [0, 0.1) is 0 Å². The first kappa shape index (κ1) is 15.7. The number of hydrogen-bond donors (Lipinski definition) is 2. The van der Waals surface area contributed by atoms with Crippen molar-refractivity contribution in [3.63, 3.8) is 0 Å². The highest BCUT2D eigenvalue weighted by Crippen LogP contribution is 2.44. The van der Waals surface area contributed by atoms with Crippen LogP contribution in [0.15, 0.2) is 63.7 Å². The van der Waals surface area contributed by atoms with E-state index < -0.39 is 0 Å². The number of anilines is 1. The van der Waals surface area contributed by atoms with Gasteiger partial charge in [-0.2, -0.15) is 0 Å². The highest BCUT2D eigenvalue weighted by Gasteiger charge is 2.36. The Balaban J connectivity index is 1.87. The summed E-state index contributed by atoms with van der Waals surface area (Å²) in [5.74, 6) is -0.851. The number of fused-ring (bicyclic) bond motifs is 1. The summed E-state index contributed by atoms with van der Waals surface area (Å²) in [6.45, 7) is 0. The van der Waals surface area contributed by atoms with Gasteiger partial charge in [-0.1, -0.05) is 30.0 Å². The van der Waals surface area contributed by atoms with Crippen molar-refractivity contribution in [1.82, 2.24) is 4.98 Å². The van der Waals surface area contributed by atoms with Gasteiger partial charge < -0.3 is 10.8 Å². The molecule has 0 radical (unpaired) electrons. The number of carbonyl (C=O) groups is 2. The molecule has 1 heterocycles. The molecule has 0 unspecified atom stereocenters. The molecule has 0 saturated heterocycles. The van der Waals surface area contributed by atoms with Gasteiger partial charge >= 0.3 is 0 Å². The molecule has 2 aliphatic rings. The smallest absolute Gasteiger partial charge is 0.197 e. The van der Waals surface area contributed by atoms with Gasteiger partial charge in [0.25, 0.3) is 0 Å². The van der Waals surface area contributed by atoms with Crippen LogP contribution in [0.25, 0.3) is 0 Å². The number of nitrogens with two attached hydrogens (primary N) is 1. The van der Waals surface area contributed by atoms with Crippen LogP contribution in [0.4, 0.5) is 5.69 Å². The van der Waals surface area contributed by atoms with Gasteiger partial charge in [-0.25, -0.2) is 4.98 Å². The molecule has 2 aromatic rings. The number of phenols is 1. The summed E-state index contributed by atoms with van der Waals surface area (Å²) in [6.07, 6.45) is 6.39. The zero-order valence-electron chi connectivity index (χ0n) is 13.2. The van der Waals surface area contributed by atoms with Crippen molar-refractivity contribution in [3.05, 3.63) is 64.9 Å². The quantitative estimate of drug-likeness (QED) is 0.635. The highest BCUT2D eigenvalue weighted by molar-refractivity contribution is 7.99. The lowest BCUT2D eigenvalue weighted by Crippen LogP contribution is -2.24. The average molecular weight is 350 g/mol. The topological polar surface area (TPSA) is 93.3 Å². The fourth-order valence-electron chi connectivity index (χ4n) is 3.13. The third kappa shape index (κ3) is 2.46. The van der Waals surface area contributed by atoms with Gasteiger partial charge in [0.15, 0.2) is 11.6 Å². The number of hydrogen-bond acceptors (Lipinski definition) is 6. The standard InChI is InChI=1S/C19H14N2O3S/c20-17-13(25-14-7-3-4-8-21-14)9-12(22)15-16(17)19(24)11-6-2-1-5-10(11)18(15)23/h1,3-5,7-9,22H,2,6,20H2. The lowest BCUT2D eigenvalue weighted by atomic mass is 9.79. The van der Waals surface area contributed by atoms with Crippen LogP contribution < -0.4 is 5.73 Å². The van der Waals surface area contributed by atoms with Crippen molar-refractivity contribution in [2.45, 2.75) is 22.8 Å². The molecular weight excluding hydrogens is 336 g/mol. The number of nitrogens with zero attached hydrogens (tertiary/aromatic N) is 1. The zero-order valence-corrected chi connectivity index (χ0v) is 14.0. The maximum Gasteiger partial charge on any atom is 0.197 e. The summed E-state index contributed by atoms with van der Waals surface area (Å²) in [5.41, 5.74) is 7.38. The Kier molecular flexibility index (Phi) is 3.69. The first-order valence-electron chi connectivity index (χ1n) is 7.81. The molecule has 1 aromatic carbocycles. The van der Waals surface area contributed by atoms with Gasteiger partial charge in [-0.3, -0.25) is 9.59 Å². The van der Waals surface area contributed by atoms with E-state index in [2.05, 4.69) is 4.98 Å². The number of aromatic hydroxyl groups is 1. The van der Waals surface area contributed by atoms with Gasteiger partial charge in [0.05, 0.1) is 16.8 Å². The molecule has 0 saturated carbocycles. The van der Waals surface area contributed by atoms with Gasteiger partial charge in [0.2, 0.25) is 0 Å². The van der Waals surface area contributed by atoms with E-state index in [9.17, 15) is 14.7 Å². The Labute approximate surface area is 148 Å². The fourth-order valence-corrected chi connectivity index (χ4v) is 4.00. The van der Waals surface area contributed by atoms with E-state index in [1.807, 2.05) is 12.1 Å². The Morgan fingerprint density at radius 1 is 1.16 bits per heavy atom. The first-order valence-corrected chi connectivity index (χ1v) is 8.63. The van der Waals surface area contributed by atoms with E-state index in [1.54, 1.807) is 24.4 Å². The van der Waals surface area contributed by atoms with Gasteiger partial charge in [-0.05, 0) is 31.0 Å². The van der Waals surface area contributed by atoms with Gasteiger partial charge in [-0.15, -0.1) is 0 Å². The lowest BCUT2D eigenvalue weighted by molar-refractivity contribution is 0.0972. The fraction of sp³-hybridized carbons (Fsp3) is 0.105. The number of pyridine rings is 1. The normalized spacial score (nSPS) is 16.0. The Morgan fingerprint density at radius 3 is 2.76 bits per heavy atom. The zero-order chi connectivity index (χ0) is 17.6. The molecule has 0 bridgehead atoms. The van der Waals surface area contributed by atoms with Crippen LogP contribution in [0.5, 0.6) is 5.75 Å². The summed E-state index contributed by atoms with van der Waals surface area (Å²) in [6, 6.07) is 6.87. The molecule has 3 N–H and O–H groups in total. The molecule has 25 heavy (non-hydrogen) atoms. The minimum absolute atomic E-state index is 0.00169. The van der Waals surface area contributed by atoms with Crippen molar-refractivity contribution in [2.24, 2.45) is 0 Å². The van der Waals surface area contributed by atoms with Crippen molar-refractivity contribution < 1.29 is 14.7 Å². The first-order chi connectivity index (χ1) is 12.1. The van der Waals surface area contributed by atoms with E-state index in [0.717, 1.165) is 0 Å². The number of carbonyl (C=O) groups excluding carboxylic acids is 2. The summed E-state index contributed by atoms with van der Waals surface area (Å²) in [7, 11) is 0. The molecule has 2 aliphatic carbocycles. The molecule has 0 amide bonds. The monoisotopic (exact) mass is 350 g/mol. The van der Waals surface area contributed by atoms with E-state index in [0.29, 0.717) is 33.9 Å². The van der Waals surface area contributed by atoms with Crippen LogP contribution in [0.1, 0.15) is 33.6 Å². The highest BCUT2D eigenvalue weighted by atomic mass is 32.2. The van der Waals surface area contributed by atoms with Crippen molar-refractivity contribution in [1.29, 1.82) is 0 Å². The van der Waals surface area contributed by atoms with E-state index >= 15 is 0 Å². The summed E-state index contributed by atoms with van der Waals surface area (Å²) in [5, 5.41) is 11.1. The number of rotatable bonds is 2. The molecule has 1 aromatic heterocycles. The lowest BCUT2D eigenvalue weighted by Gasteiger charge is -2.24. The van der Waals surface area contributed by atoms with E-state index in [-0.39, 0.29) is 34.1 Å². The number of phenolic OH excluding ortho intramolecular Hbond substituents is 1. The number of aromatic nitrogens is 1. The third-order valence-corrected chi connectivity index (χ3v) is 5.31. The van der Waals surface area contributed by atoms with Crippen LogP contribution in [-0.4, -0.2) is 21.7 Å². The SMILES string of the molecule is Nc1c(Sc2ccccn2)cc(O)c2c1C(=O)C1=C(C=CCC1)C2=O. The van der Waals surface area contributed by atoms with Crippen LogP contribution in [-0.2, 0) is 0 Å². The molecule has 0 fully saturated rings. The molecule has 5 nitrogen and oxygen atoms in total. The Morgan fingerprint density at radius 2 is 2.00 bits per heavy atom. The van der Waals surface area contributed by atoms with Gasteiger partial charge in [0.1, 0.15) is 10.8 Å². The predicted molar refractivity (Wildman–Crippen MR) is 94.9 cm³/mol. The van der Waals surface area contributed by atoms with Crippen molar-refractivity contribution >= 4 is 29.0 Å². The molecule has 6 heteroatoms. The Hall–Kier alpha value is -2.86. The largest absolute Gasteiger partial charge is 0.507 e. The molecule has 4 rings (SSSR count). The maximum atomic E-state index is 12.9. The average Bonchev–Trinajstić information content (AvgIpc) is 2.63. The molecule has 0 aliphatic heterocycles. The third-order valence-electron chi connectivity index (χ3n) is 4.30. The second-order valence-electron chi connectivity index (χ2n) is 5.82. The second kappa shape index (κ2) is 5.89. The summed E-state index contributed by atoms with van der Waals surface area (Å²) < 4.78 is 0. The molecule has 0 atom stereocenters. The number of allylic oxidation sites excluding steroid dienone is 4. The minimum atomic E-state index is -0.348. The number of ketones is 2. The number of benzene rings is 1. The number of nitrogen functional groups attached to an aromatic ring is 1. The minimum Gasteiger partial charge on any atom is -0.507 e. The molecule has 0 spiro atoms. The van der Waals surface area contributed by atoms with Crippen molar-refractivity contribution in [2.75, 3.05) is 5.73 Å². The van der Waals surface area contributed by atoms with Crippen LogP contribution in [0.3, 0.4) is 0 Å². The van der Waals surface area contributed by atoms with Crippen LogP contribution in [0.2, 0.25) is 0 Å². The van der Waals surface area contributed by atoms with Gasteiger partial charge in [0, 0.05) is 22.2 Å². The summed E-state index contributed by atoms with van der Waals surface area (Å²) >= 11 is 1.24. The van der Waals surface area contributed by atoms with Crippen LogP contribution >= 0.6 is 11.8 Å². The van der Waals surface area contributed by atoms with E-state index in [1.165, 1.54) is 17.8 Å². The summed E-state index contributed by atoms with van der Waals surface area (Å²) in [4.78, 5) is 30.4. The molecular formula is C19H14N2O3S. The van der Waals surface area contributed by atoms with E-state index in [4.69, 9.17) is 5.73 Å².